The molecule has 0 aromatic heterocycles. The zero-order valence-electron chi connectivity index (χ0n) is 16.5. The monoisotopic (exact) mass is 460 g/mol. The molecule has 0 N–H and O–H groups in total. The van der Waals surface area contributed by atoms with Crippen LogP contribution in [0.4, 0.5) is 0 Å². The maximum absolute atomic E-state index is 11.9. The van der Waals surface area contributed by atoms with Gasteiger partial charge in [0.2, 0.25) is 11.8 Å². The summed E-state index contributed by atoms with van der Waals surface area (Å²) >= 11 is 14.5. The summed E-state index contributed by atoms with van der Waals surface area (Å²) < 4.78 is 1.72. The second kappa shape index (κ2) is 9.95. The van der Waals surface area contributed by atoms with Crippen LogP contribution in [-0.4, -0.2) is 90.1 Å². The van der Waals surface area contributed by atoms with Gasteiger partial charge in [-0.05, 0) is 26.7 Å². The first-order valence-corrected chi connectivity index (χ1v) is 12.4. The second-order valence-electron chi connectivity index (χ2n) is 7.32. The van der Waals surface area contributed by atoms with Gasteiger partial charge in [-0.2, -0.15) is 0 Å². The predicted octanol–water partition coefficient (Wildman–Crippen LogP) is 2.58. The number of thioether (sulfide) groups is 2. The fourth-order valence-corrected chi connectivity index (χ4v) is 6.89. The van der Waals surface area contributed by atoms with Crippen molar-refractivity contribution in [2.24, 2.45) is 0 Å². The molecule has 0 aliphatic carbocycles. The smallest absolute Gasteiger partial charge is 0.223 e. The molecule has 2 unspecified atom stereocenters. The molecule has 3 rings (SSSR count). The molecule has 0 aromatic rings. The molecule has 0 saturated carbocycles. The van der Waals surface area contributed by atoms with Gasteiger partial charge < -0.3 is 19.6 Å². The molecule has 156 valence electrons. The number of carbonyl (C=O) groups excluding carboxylic acids is 2. The van der Waals surface area contributed by atoms with E-state index in [4.69, 9.17) is 24.4 Å². The van der Waals surface area contributed by atoms with Crippen molar-refractivity contribution in [3.8, 4) is 0 Å². The Morgan fingerprint density at radius 2 is 1.11 bits per heavy atom. The van der Waals surface area contributed by atoms with Crippen molar-refractivity contribution in [3.63, 3.8) is 0 Å². The van der Waals surface area contributed by atoms with Crippen molar-refractivity contribution in [1.29, 1.82) is 0 Å². The number of thiocarbonyl (C=S) groups is 2. The molecule has 28 heavy (non-hydrogen) atoms. The zero-order chi connectivity index (χ0) is 20.3. The van der Waals surface area contributed by atoms with Crippen molar-refractivity contribution in [2.75, 3.05) is 39.3 Å². The molecule has 0 spiro atoms. The van der Waals surface area contributed by atoms with E-state index < -0.39 is 0 Å². The minimum Gasteiger partial charge on any atom is -0.354 e. The highest BCUT2D eigenvalue weighted by Gasteiger charge is 2.30. The minimum atomic E-state index is 0.0935. The van der Waals surface area contributed by atoms with Gasteiger partial charge in [0.15, 0.2) is 0 Å². The number of hydrogen-bond acceptors (Lipinski definition) is 6. The van der Waals surface area contributed by atoms with Crippen LogP contribution in [0.5, 0.6) is 0 Å². The van der Waals surface area contributed by atoms with Crippen molar-refractivity contribution in [3.05, 3.63) is 0 Å². The summed E-state index contributed by atoms with van der Waals surface area (Å²) in [5, 5.41) is 0.187. The van der Waals surface area contributed by atoms with E-state index in [0.717, 1.165) is 60.8 Å². The molecule has 0 radical (unpaired) electrons. The lowest BCUT2D eigenvalue weighted by Gasteiger charge is -2.38. The van der Waals surface area contributed by atoms with E-state index in [1.165, 1.54) is 0 Å². The van der Waals surface area contributed by atoms with E-state index in [1.54, 1.807) is 23.5 Å². The third-order valence-electron chi connectivity index (χ3n) is 5.44. The molecule has 0 bridgehead atoms. The van der Waals surface area contributed by atoms with Crippen LogP contribution < -0.4 is 0 Å². The van der Waals surface area contributed by atoms with Crippen molar-refractivity contribution in [1.82, 2.24) is 19.6 Å². The molecule has 3 saturated heterocycles. The van der Waals surface area contributed by atoms with E-state index in [2.05, 4.69) is 23.6 Å². The fourth-order valence-electron chi connectivity index (χ4n) is 3.75. The van der Waals surface area contributed by atoms with Gasteiger partial charge in [0.05, 0.1) is 10.7 Å². The Balaban J connectivity index is 1.42. The van der Waals surface area contributed by atoms with E-state index >= 15 is 0 Å². The van der Waals surface area contributed by atoms with Crippen LogP contribution in [0.15, 0.2) is 0 Å². The molecule has 2 atom stereocenters. The second-order valence-corrected chi connectivity index (χ2v) is 11.2. The highest BCUT2D eigenvalue weighted by atomic mass is 32.2. The van der Waals surface area contributed by atoms with E-state index in [1.807, 2.05) is 9.80 Å². The van der Waals surface area contributed by atoms with Crippen molar-refractivity contribution < 1.29 is 9.59 Å². The maximum Gasteiger partial charge on any atom is 0.223 e. The normalized spacial score (nSPS) is 22.8. The summed E-state index contributed by atoms with van der Waals surface area (Å²) in [6, 6.07) is 0. The molecular weight excluding hydrogens is 432 g/mol. The lowest BCUT2D eigenvalue weighted by molar-refractivity contribution is -0.128. The first-order valence-electron chi connectivity index (χ1n) is 9.87. The average molecular weight is 461 g/mol. The highest BCUT2D eigenvalue weighted by Crippen LogP contribution is 2.27. The number of likely N-dealkylation sites (tertiary alicyclic amines) is 2. The molecular formula is C18H28N4O2S4. The van der Waals surface area contributed by atoms with E-state index in [-0.39, 0.29) is 22.6 Å². The Labute approximate surface area is 186 Å². The predicted molar refractivity (Wildman–Crippen MR) is 124 cm³/mol. The molecule has 2 amide bonds. The molecule has 6 nitrogen and oxygen atoms in total. The van der Waals surface area contributed by atoms with Crippen LogP contribution in [0, 0.1) is 0 Å². The largest absolute Gasteiger partial charge is 0.354 e. The van der Waals surface area contributed by atoms with E-state index in [9.17, 15) is 9.59 Å². The third-order valence-corrected chi connectivity index (χ3v) is 8.64. The van der Waals surface area contributed by atoms with Gasteiger partial charge >= 0.3 is 0 Å². The van der Waals surface area contributed by atoms with Gasteiger partial charge in [0, 0.05) is 52.1 Å². The van der Waals surface area contributed by atoms with Crippen molar-refractivity contribution in [2.45, 2.75) is 50.3 Å². The first-order chi connectivity index (χ1) is 13.4. The fraction of sp³-hybridized carbons (Fsp3) is 0.778. The summed E-state index contributed by atoms with van der Waals surface area (Å²) in [6.07, 6.45) is 3.22. The SMILES string of the molecule is CC(SC(=S)N1CCN(C(=S)SC(C)N2CCCC2=O)CC1)N1CCCC1=O. The minimum absolute atomic E-state index is 0.0935. The summed E-state index contributed by atoms with van der Waals surface area (Å²) in [4.78, 5) is 32.1. The maximum atomic E-state index is 11.9. The average Bonchev–Trinajstić information content (AvgIpc) is 3.29. The zero-order valence-corrected chi connectivity index (χ0v) is 19.7. The van der Waals surface area contributed by atoms with Gasteiger partial charge in [-0.15, -0.1) is 0 Å². The third kappa shape index (κ3) is 5.31. The lowest BCUT2D eigenvalue weighted by atomic mass is 10.4. The molecule has 10 heteroatoms. The Hall–Kier alpha value is -0.580. The van der Waals surface area contributed by atoms with Crippen LogP contribution in [-0.2, 0) is 9.59 Å². The number of rotatable bonds is 4. The van der Waals surface area contributed by atoms with Gasteiger partial charge in [-0.25, -0.2) is 0 Å². The Kier molecular flexibility index (Phi) is 7.86. The van der Waals surface area contributed by atoms with Crippen LogP contribution in [0.3, 0.4) is 0 Å². The van der Waals surface area contributed by atoms with Crippen LogP contribution in [0.1, 0.15) is 39.5 Å². The standard InChI is InChI=1S/C18H28N4O2S4/c1-13(21-7-3-5-15(21)23)27-17(25)19-9-11-20(12-10-19)18(26)28-14(2)22-8-4-6-16(22)24/h13-14H,3-12H2,1-2H3. The summed E-state index contributed by atoms with van der Waals surface area (Å²) in [5.41, 5.74) is 0. The van der Waals surface area contributed by atoms with Crippen LogP contribution >= 0.6 is 48.0 Å². The number of carbonyl (C=O) groups is 2. The van der Waals surface area contributed by atoms with Crippen LogP contribution in [0.2, 0.25) is 0 Å². The number of amides is 2. The molecule has 3 aliphatic heterocycles. The first kappa shape index (κ1) is 22.1. The summed E-state index contributed by atoms with van der Waals surface area (Å²) in [5.74, 6) is 0.473. The Morgan fingerprint density at radius 3 is 1.39 bits per heavy atom. The quantitative estimate of drug-likeness (QED) is 0.594. The number of nitrogens with zero attached hydrogens (tertiary/aromatic N) is 4. The number of piperazine rings is 1. The molecule has 0 aromatic carbocycles. The Bertz CT molecular complexity index is 585. The lowest BCUT2D eigenvalue weighted by Crippen LogP contribution is -2.49. The summed E-state index contributed by atoms with van der Waals surface area (Å²) in [6.45, 7) is 9.15. The highest BCUT2D eigenvalue weighted by molar-refractivity contribution is 8.23. The van der Waals surface area contributed by atoms with Gasteiger partial charge in [-0.3, -0.25) is 9.59 Å². The van der Waals surface area contributed by atoms with E-state index in [0.29, 0.717) is 12.8 Å². The summed E-state index contributed by atoms with van der Waals surface area (Å²) in [7, 11) is 0. The van der Waals surface area contributed by atoms with Gasteiger partial charge in [0.1, 0.15) is 8.64 Å². The van der Waals surface area contributed by atoms with Crippen molar-refractivity contribution >= 4 is 68.4 Å². The molecule has 3 heterocycles. The Morgan fingerprint density at radius 1 is 0.750 bits per heavy atom. The topological polar surface area (TPSA) is 47.1 Å². The van der Waals surface area contributed by atoms with Gasteiger partial charge in [-0.1, -0.05) is 48.0 Å². The number of hydrogen-bond donors (Lipinski definition) is 0. The molecule has 3 fully saturated rings. The molecule has 3 aliphatic rings. The van der Waals surface area contributed by atoms with Crippen LogP contribution in [0.25, 0.3) is 0 Å². The van der Waals surface area contributed by atoms with Gasteiger partial charge in [0.25, 0.3) is 0 Å².